The maximum absolute atomic E-state index is 12.5. The van der Waals surface area contributed by atoms with E-state index in [1.807, 2.05) is 29.2 Å². The first-order valence-electron chi connectivity index (χ1n) is 8.07. The van der Waals surface area contributed by atoms with Crippen molar-refractivity contribution in [2.24, 2.45) is 0 Å². The normalized spacial score (nSPS) is 25.7. The number of likely N-dealkylation sites (tertiary alicyclic amines) is 1. The van der Waals surface area contributed by atoms with E-state index in [1.54, 1.807) is 0 Å². The van der Waals surface area contributed by atoms with Crippen molar-refractivity contribution in [3.63, 3.8) is 0 Å². The van der Waals surface area contributed by atoms with Gasteiger partial charge in [-0.2, -0.15) is 0 Å². The second kappa shape index (κ2) is 5.72. The molecule has 0 aliphatic carbocycles. The van der Waals surface area contributed by atoms with Gasteiger partial charge in [0.15, 0.2) is 11.5 Å². The molecule has 0 bridgehead atoms. The van der Waals surface area contributed by atoms with Crippen molar-refractivity contribution in [2.45, 2.75) is 37.7 Å². The smallest absolute Gasteiger partial charge is 0.251 e. The van der Waals surface area contributed by atoms with Crippen LogP contribution in [0.3, 0.4) is 0 Å². The number of piperidine rings is 1. The molecule has 4 rings (SSSR count). The Morgan fingerprint density at radius 1 is 1.23 bits per heavy atom. The number of hydrogen-bond acceptors (Lipinski definition) is 4. The van der Waals surface area contributed by atoms with Crippen LogP contribution < -0.4 is 0 Å². The van der Waals surface area contributed by atoms with Crippen LogP contribution in [0.15, 0.2) is 28.7 Å². The van der Waals surface area contributed by atoms with Gasteiger partial charge in [-0.3, -0.25) is 4.79 Å². The van der Waals surface area contributed by atoms with Crippen LogP contribution in [0.5, 0.6) is 0 Å². The third kappa shape index (κ3) is 2.50. The van der Waals surface area contributed by atoms with E-state index in [0.717, 1.165) is 49.2 Å². The summed E-state index contributed by atoms with van der Waals surface area (Å²) < 4.78 is 11.4. The number of para-hydroxylation sites is 2. The Morgan fingerprint density at radius 3 is 2.95 bits per heavy atom. The first-order chi connectivity index (χ1) is 10.8. The lowest BCUT2D eigenvalue weighted by Gasteiger charge is -2.32. The SMILES string of the molecule is O=C(C1CCCO1)N1CCCC(c2nc3ccccc3o2)C1. The number of hydrogen-bond donors (Lipinski definition) is 0. The molecule has 5 heteroatoms. The van der Waals surface area contributed by atoms with Crippen LogP contribution in [0.4, 0.5) is 0 Å². The summed E-state index contributed by atoms with van der Waals surface area (Å²) in [5, 5.41) is 0. The summed E-state index contributed by atoms with van der Waals surface area (Å²) in [4.78, 5) is 19.0. The molecule has 0 spiro atoms. The minimum absolute atomic E-state index is 0.137. The van der Waals surface area contributed by atoms with E-state index in [2.05, 4.69) is 4.98 Å². The number of fused-ring (bicyclic) bond motifs is 1. The van der Waals surface area contributed by atoms with Crippen LogP contribution in [-0.2, 0) is 9.53 Å². The van der Waals surface area contributed by atoms with Crippen LogP contribution in [0.2, 0.25) is 0 Å². The van der Waals surface area contributed by atoms with Gasteiger partial charge in [-0.25, -0.2) is 4.98 Å². The number of ether oxygens (including phenoxy) is 1. The fourth-order valence-corrected chi connectivity index (χ4v) is 3.42. The Labute approximate surface area is 129 Å². The molecule has 116 valence electrons. The summed E-state index contributed by atoms with van der Waals surface area (Å²) in [6.07, 6.45) is 3.61. The zero-order valence-corrected chi connectivity index (χ0v) is 12.5. The predicted octanol–water partition coefficient (Wildman–Crippen LogP) is 2.71. The van der Waals surface area contributed by atoms with Gasteiger partial charge >= 0.3 is 0 Å². The molecule has 2 saturated heterocycles. The Hall–Kier alpha value is -1.88. The minimum atomic E-state index is -0.234. The predicted molar refractivity (Wildman–Crippen MR) is 81.5 cm³/mol. The highest BCUT2D eigenvalue weighted by Crippen LogP contribution is 2.30. The lowest BCUT2D eigenvalue weighted by Crippen LogP contribution is -2.44. The Kier molecular flexibility index (Phi) is 3.58. The first kappa shape index (κ1) is 13.8. The van der Waals surface area contributed by atoms with E-state index in [1.165, 1.54) is 0 Å². The summed E-state index contributed by atoms with van der Waals surface area (Å²) in [6, 6.07) is 7.80. The second-order valence-electron chi connectivity index (χ2n) is 6.14. The van der Waals surface area contributed by atoms with Gasteiger partial charge in [-0.15, -0.1) is 0 Å². The van der Waals surface area contributed by atoms with Crippen LogP contribution in [0, 0.1) is 0 Å². The van der Waals surface area contributed by atoms with Crippen molar-refractivity contribution >= 4 is 17.0 Å². The third-order valence-electron chi connectivity index (χ3n) is 4.60. The molecule has 22 heavy (non-hydrogen) atoms. The molecule has 1 amide bonds. The van der Waals surface area contributed by atoms with Crippen LogP contribution in [0.25, 0.3) is 11.1 Å². The molecule has 5 nitrogen and oxygen atoms in total. The second-order valence-corrected chi connectivity index (χ2v) is 6.14. The average molecular weight is 300 g/mol. The van der Waals surface area contributed by atoms with Crippen molar-refractivity contribution in [1.29, 1.82) is 0 Å². The fraction of sp³-hybridized carbons (Fsp3) is 0.529. The molecule has 2 aliphatic rings. The van der Waals surface area contributed by atoms with Crippen molar-refractivity contribution in [3.05, 3.63) is 30.2 Å². The topological polar surface area (TPSA) is 55.6 Å². The zero-order chi connectivity index (χ0) is 14.9. The molecule has 0 radical (unpaired) electrons. The molecule has 2 unspecified atom stereocenters. The first-order valence-corrected chi connectivity index (χ1v) is 8.07. The maximum Gasteiger partial charge on any atom is 0.251 e. The Balaban J connectivity index is 1.51. The van der Waals surface area contributed by atoms with Gasteiger partial charge < -0.3 is 14.1 Å². The number of rotatable bonds is 2. The third-order valence-corrected chi connectivity index (χ3v) is 4.60. The van der Waals surface area contributed by atoms with E-state index < -0.39 is 0 Å². The van der Waals surface area contributed by atoms with Gasteiger partial charge in [0.25, 0.3) is 5.91 Å². The molecular weight excluding hydrogens is 280 g/mol. The van der Waals surface area contributed by atoms with Crippen molar-refractivity contribution in [3.8, 4) is 0 Å². The molecule has 2 fully saturated rings. The number of oxazole rings is 1. The number of carbonyl (C=O) groups excluding carboxylic acids is 1. The zero-order valence-electron chi connectivity index (χ0n) is 12.5. The number of nitrogens with zero attached hydrogens (tertiary/aromatic N) is 2. The van der Waals surface area contributed by atoms with Gasteiger partial charge in [-0.05, 0) is 37.8 Å². The molecule has 2 atom stereocenters. The number of carbonyl (C=O) groups is 1. The van der Waals surface area contributed by atoms with Crippen molar-refractivity contribution in [2.75, 3.05) is 19.7 Å². The summed E-state index contributed by atoms with van der Waals surface area (Å²) in [5.41, 5.74) is 1.71. The summed E-state index contributed by atoms with van der Waals surface area (Å²) in [6.45, 7) is 2.21. The van der Waals surface area contributed by atoms with Gasteiger partial charge in [0.05, 0.1) is 5.92 Å². The lowest BCUT2D eigenvalue weighted by atomic mass is 9.97. The molecule has 1 aromatic heterocycles. The quantitative estimate of drug-likeness (QED) is 0.855. The number of aromatic nitrogens is 1. The average Bonchev–Trinajstić information content (AvgIpc) is 3.23. The number of benzene rings is 1. The van der Waals surface area contributed by atoms with Gasteiger partial charge in [0, 0.05) is 19.7 Å². The van der Waals surface area contributed by atoms with Crippen molar-refractivity contribution in [1.82, 2.24) is 9.88 Å². The fourth-order valence-electron chi connectivity index (χ4n) is 3.42. The Bertz CT molecular complexity index is 642. The van der Waals surface area contributed by atoms with Gasteiger partial charge in [-0.1, -0.05) is 12.1 Å². The summed E-state index contributed by atoms with van der Waals surface area (Å²) in [7, 11) is 0. The van der Waals surface area contributed by atoms with E-state index >= 15 is 0 Å². The van der Waals surface area contributed by atoms with Crippen molar-refractivity contribution < 1.29 is 13.9 Å². The lowest BCUT2D eigenvalue weighted by molar-refractivity contribution is -0.142. The molecule has 2 aliphatic heterocycles. The standard InChI is InChI=1S/C17H20N2O3/c20-17(15-8-4-10-21-15)19-9-3-5-12(11-19)16-18-13-6-1-2-7-14(13)22-16/h1-2,6-7,12,15H,3-5,8-11H2. The molecule has 0 saturated carbocycles. The van der Waals surface area contributed by atoms with E-state index in [-0.39, 0.29) is 17.9 Å². The highest BCUT2D eigenvalue weighted by atomic mass is 16.5. The largest absolute Gasteiger partial charge is 0.440 e. The van der Waals surface area contributed by atoms with Crippen LogP contribution in [-0.4, -0.2) is 41.6 Å². The van der Waals surface area contributed by atoms with E-state index in [4.69, 9.17) is 9.15 Å². The highest BCUT2D eigenvalue weighted by Gasteiger charge is 2.33. The highest BCUT2D eigenvalue weighted by molar-refractivity contribution is 5.81. The van der Waals surface area contributed by atoms with Gasteiger partial charge in [0.1, 0.15) is 11.6 Å². The van der Waals surface area contributed by atoms with Gasteiger partial charge in [0.2, 0.25) is 0 Å². The van der Waals surface area contributed by atoms with E-state index in [0.29, 0.717) is 13.2 Å². The summed E-state index contributed by atoms with van der Waals surface area (Å²) in [5.74, 6) is 1.08. The number of amides is 1. The molecule has 3 heterocycles. The summed E-state index contributed by atoms with van der Waals surface area (Å²) >= 11 is 0. The molecule has 2 aromatic rings. The molecule has 0 N–H and O–H groups in total. The maximum atomic E-state index is 12.5. The Morgan fingerprint density at radius 2 is 2.14 bits per heavy atom. The van der Waals surface area contributed by atoms with Crippen LogP contribution in [0.1, 0.15) is 37.5 Å². The monoisotopic (exact) mass is 300 g/mol. The minimum Gasteiger partial charge on any atom is -0.440 e. The van der Waals surface area contributed by atoms with Crippen LogP contribution >= 0.6 is 0 Å². The van der Waals surface area contributed by atoms with E-state index in [9.17, 15) is 4.79 Å². The molecule has 1 aromatic carbocycles. The molecular formula is C17H20N2O3.